The predicted molar refractivity (Wildman–Crippen MR) is 94.4 cm³/mol. The van der Waals surface area contributed by atoms with E-state index in [4.69, 9.17) is 11.6 Å². The highest BCUT2D eigenvalue weighted by molar-refractivity contribution is 9.10. The summed E-state index contributed by atoms with van der Waals surface area (Å²) in [6.45, 7) is 4.97. The lowest BCUT2D eigenvalue weighted by molar-refractivity contribution is 0.141. The molecule has 0 spiro atoms. The number of piperidine rings is 2. The molecule has 2 nitrogen and oxygen atoms in total. The maximum Gasteiger partial charge on any atom is 0.0510 e. The van der Waals surface area contributed by atoms with Gasteiger partial charge in [-0.25, -0.2) is 0 Å². The fourth-order valence-corrected chi connectivity index (χ4v) is 4.49. The van der Waals surface area contributed by atoms with Crippen molar-refractivity contribution in [2.24, 2.45) is 0 Å². The average molecular weight is 372 g/mol. The number of anilines is 1. The van der Waals surface area contributed by atoms with Gasteiger partial charge in [-0.15, -0.1) is 11.6 Å². The summed E-state index contributed by atoms with van der Waals surface area (Å²) in [6.07, 6.45) is 6.81. The molecular weight excluding hydrogens is 348 g/mol. The van der Waals surface area contributed by atoms with Gasteiger partial charge in [-0.05, 0) is 72.4 Å². The van der Waals surface area contributed by atoms with Crippen molar-refractivity contribution < 1.29 is 0 Å². The van der Waals surface area contributed by atoms with Crippen molar-refractivity contribution in [3.8, 4) is 0 Å². The number of hydrogen-bond donors (Lipinski definition) is 0. The first-order valence-electron chi connectivity index (χ1n) is 8.11. The molecule has 1 aromatic carbocycles. The van der Waals surface area contributed by atoms with Crippen molar-refractivity contribution in [2.75, 3.05) is 31.1 Å². The molecule has 21 heavy (non-hydrogen) atoms. The fourth-order valence-electron chi connectivity index (χ4n) is 3.65. The molecule has 0 radical (unpaired) electrons. The van der Waals surface area contributed by atoms with E-state index in [1.54, 1.807) is 0 Å². The lowest BCUT2D eigenvalue weighted by Gasteiger charge is -2.41. The van der Waals surface area contributed by atoms with Crippen LogP contribution in [0.15, 0.2) is 22.7 Å². The summed E-state index contributed by atoms with van der Waals surface area (Å²) in [4.78, 5) is 5.25. The minimum atomic E-state index is 0.579. The van der Waals surface area contributed by atoms with E-state index in [9.17, 15) is 0 Å². The van der Waals surface area contributed by atoms with Gasteiger partial charge in [0.05, 0.1) is 5.69 Å². The van der Waals surface area contributed by atoms with Gasteiger partial charge in [-0.2, -0.15) is 0 Å². The van der Waals surface area contributed by atoms with Gasteiger partial charge >= 0.3 is 0 Å². The van der Waals surface area contributed by atoms with Gasteiger partial charge in [0.2, 0.25) is 0 Å². The van der Waals surface area contributed by atoms with Crippen LogP contribution >= 0.6 is 27.5 Å². The van der Waals surface area contributed by atoms with E-state index in [2.05, 4.69) is 43.9 Å². The Morgan fingerprint density at radius 3 is 2.38 bits per heavy atom. The van der Waals surface area contributed by atoms with Gasteiger partial charge in [0.1, 0.15) is 0 Å². The van der Waals surface area contributed by atoms with Crippen LogP contribution in [0.25, 0.3) is 0 Å². The Balaban J connectivity index is 1.60. The van der Waals surface area contributed by atoms with E-state index in [1.165, 1.54) is 74.0 Å². The number of halogens is 2. The Morgan fingerprint density at radius 2 is 1.76 bits per heavy atom. The molecule has 0 amide bonds. The summed E-state index contributed by atoms with van der Waals surface area (Å²) in [6, 6.07) is 7.31. The maximum atomic E-state index is 5.90. The number of benzene rings is 1. The smallest absolute Gasteiger partial charge is 0.0510 e. The van der Waals surface area contributed by atoms with Crippen molar-refractivity contribution in [3.05, 3.63) is 28.2 Å². The van der Waals surface area contributed by atoms with Crippen LogP contribution in [0, 0.1) is 0 Å². The molecule has 0 unspecified atom stereocenters. The summed E-state index contributed by atoms with van der Waals surface area (Å²) < 4.78 is 1.18. The molecule has 2 aliphatic rings. The van der Waals surface area contributed by atoms with Crippen LogP contribution in [-0.4, -0.2) is 37.1 Å². The van der Waals surface area contributed by atoms with Crippen LogP contribution in [0.5, 0.6) is 0 Å². The third-order valence-electron chi connectivity index (χ3n) is 4.88. The molecule has 0 N–H and O–H groups in total. The first-order valence-corrected chi connectivity index (χ1v) is 9.44. The van der Waals surface area contributed by atoms with Gasteiger partial charge in [0.25, 0.3) is 0 Å². The van der Waals surface area contributed by atoms with E-state index in [0.29, 0.717) is 5.88 Å². The van der Waals surface area contributed by atoms with Crippen LogP contribution in [0.1, 0.15) is 37.7 Å². The molecule has 1 aromatic rings. The lowest BCUT2D eigenvalue weighted by atomic mass is 9.99. The zero-order chi connectivity index (χ0) is 14.7. The second-order valence-corrected chi connectivity index (χ2v) is 7.36. The van der Waals surface area contributed by atoms with Gasteiger partial charge in [-0.1, -0.05) is 12.5 Å². The summed E-state index contributed by atoms with van der Waals surface area (Å²) in [5.41, 5.74) is 2.50. The monoisotopic (exact) mass is 370 g/mol. The first-order chi connectivity index (χ1) is 10.3. The molecule has 2 saturated heterocycles. The van der Waals surface area contributed by atoms with Gasteiger partial charge in [-0.3, -0.25) is 0 Å². The van der Waals surface area contributed by atoms with E-state index in [0.717, 1.165) is 6.04 Å². The molecule has 0 atom stereocenters. The molecule has 4 heteroatoms. The minimum Gasteiger partial charge on any atom is -0.371 e. The molecule has 3 rings (SSSR count). The SMILES string of the molecule is ClCc1ccc(N2CCC(N3CCCCC3)CC2)c(Br)c1. The second-order valence-electron chi connectivity index (χ2n) is 6.23. The Morgan fingerprint density at radius 1 is 1.05 bits per heavy atom. The van der Waals surface area contributed by atoms with E-state index >= 15 is 0 Å². The Labute approximate surface area is 141 Å². The summed E-state index contributed by atoms with van der Waals surface area (Å²) >= 11 is 9.61. The number of rotatable bonds is 3. The Hall–Kier alpha value is -0.250. The van der Waals surface area contributed by atoms with E-state index in [-0.39, 0.29) is 0 Å². The first kappa shape index (κ1) is 15.6. The number of hydrogen-bond acceptors (Lipinski definition) is 2. The highest BCUT2D eigenvalue weighted by Crippen LogP contribution is 2.31. The van der Waals surface area contributed by atoms with E-state index in [1.807, 2.05) is 0 Å². The normalized spacial score (nSPS) is 21.7. The van der Waals surface area contributed by atoms with E-state index < -0.39 is 0 Å². The lowest BCUT2D eigenvalue weighted by Crippen LogP contribution is -2.46. The molecule has 2 aliphatic heterocycles. The van der Waals surface area contributed by atoms with Crippen LogP contribution in [0.2, 0.25) is 0 Å². The van der Waals surface area contributed by atoms with Crippen molar-refractivity contribution in [1.82, 2.24) is 4.90 Å². The zero-order valence-electron chi connectivity index (χ0n) is 12.5. The molecule has 2 heterocycles. The second kappa shape index (κ2) is 7.34. The molecule has 116 valence electrons. The highest BCUT2D eigenvalue weighted by atomic mass is 79.9. The molecule has 0 aromatic heterocycles. The number of alkyl halides is 1. The molecule has 0 saturated carbocycles. The standard InChI is InChI=1S/C17H24BrClN2/c18-16-12-14(13-19)4-5-17(16)21-10-6-15(7-11-21)20-8-2-1-3-9-20/h4-5,12,15H,1-3,6-11,13H2. The quantitative estimate of drug-likeness (QED) is 0.714. The van der Waals surface area contributed by atoms with Gasteiger partial charge < -0.3 is 9.80 Å². The molecule has 0 aliphatic carbocycles. The summed E-state index contributed by atoms with van der Waals surface area (Å²) in [7, 11) is 0. The van der Waals surface area contributed by atoms with Crippen molar-refractivity contribution in [2.45, 2.75) is 44.0 Å². The van der Waals surface area contributed by atoms with Crippen LogP contribution in [-0.2, 0) is 5.88 Å². The zero-order valence-corrected chi connectivity index (χ0v) is 14.9. The van der Waals surface area contributed by atoms with Crippen LogP contribution < -0.4 is 4.90 Å². The van der Waals surface area contributed by atoms with Crippen molar-refractivity contribution in [1.29, 1.82) is 0 Å². The van der Waals surface area contributed by atoms with Crippen molar-refractivity contribution >= 4 is 33.2 Å². The minimum absolute atomic E-state index is 0.579. The Bertz CT molecular complexity index is 466. The summed E-state index contributed by atoms with van der Waals surface area (Å²) in [5.74, 6) is 0.579. The maximum absolute atomic E-state index is 5.90. The third-order valence-corrected chi connectivity index (χ3v) is 5.82. The third kappa shape index (κ3) is 3.75. The van der Waals surface area contributed by atoms with Gasteiger partial charge in [0, 0.05) is 29.5 Å². The van der Waals surface area contributed by atoms with Gasteiger partial charge in [0.15, 0.2) is 0 Å². The highest BCUT2D eigenvalue weighted by Gasteiger charge is 2.26. The number of likely N-dealkylation sites (tertiary alicyclic amines) is 1. The molecule has 2 fully saturated rings. The Kier molecular flexibility index (Phi) is 5.47. The summed E-state index contributed by atoms with van der Waals surface area (Å²) in [5, 5.41) is 0. The van der Waals surface area contributed by atoms with Crippen LogP contribution in [0.3, 0.4) is 0 Å². The fraction of sp³-hybridized carbons (Fsp3) is 0.647. The molecular formula is C17H24BrClN2. The van der Waals surface area contributed by atoms with Crippen LogP contribution in [0.4, 0.5) is 5.69 Å². The average Bonchev–Trinajstić information content (AvgIpc) is 2.56. The topological polar surface area (TPSA) is 6.48 Å². The molecule has 0 bridgehead atoms. The van der Waals surface area contributed by atoms with Crippen molar-refractivity contribution in [3.63, 3.8) is 0 Å². The largest absolute Gasteiger partial charge is 0.371 e. The predicted octanol–water partition coefficient (Wildman–Crippen LogP) is 4.64. The number of nitrogens with zero attached hydrogens (tertiary/aromatic N) is 2.